The van der Waals surface area contributed by atoms with Crippen molar-refractivity contribution in [3.05, 3.63) is 83.7 Å². The Hall–Kier alpha value is -3.80. The van der Waals surface area contributed by atoms with Crippen LogP contribution in [0, 0.1) is 6.92 Å². The van der Waals surface area contributed by atoms with E-state index >= 15 is 0 Å². The molecule has 0 radical (unpaired) electrons. The molecule has 0 N–H and O–H groups in total. The monoisotopic (exact) mass is 354 g/mol. The van der Waals surface area contributed by atoms with E-state index < -0.39 is 0 Å². The van der Waals surface area contributed by atoms with E-state index in [2.05, 4.69) is 9.97 Å². The van der Waals surface area contributed by atoms with Gasteiger partial charge < -0.3 is 0 Å². The van der Waals surface area contributed by atoms with Gasteiger partial charge in [0, 0.05) is 23.3 Å². The molecule has 0 aliphatic carbocycles. The summed E-state index contributed by atoms with van der Waals surface area (Å²) >= 11 is 0. The van der Waals surface area contributed by atoms with Crippen LogP contribution in [-0.4, -0.2) is 26.3 Å². The Morgan fingerprint density at radius 1 is 0.778 bits per heavy atom. The fourth-order valence-corrected chi connectivity index (χ4v) is 3.65. The third-order valence-electron chi connectivity index (χ3n) is 4.85. The lowest BCUT2D eigenvalue weighted by Crippen LogP contribution is -2.32. The van der Waals surface area contributed by atoms with Crippen LogP contribution in [0.2, 0.25) is 0 Å². The highest BCUT2D eigenvalue weighted by Crippen LogP contribution is 2.38. The fraction of sp³-hybridized carbons (Fsp3) is 0.0476. The summed E-state index contributed by atoms with van der Waals surface area (Å²) in [7, 11) is 0. The number of hydrogen-bond acceptors (Lipinski definition) is 4. The predicted molar refractivity (Wildman–Crippen MR) is 101 cm³/mol. The second-order valence-electron chi connectivity index (χ2n) is 6.34. The highest BCUT2D eigenvalue weighted by Gasteiger charge is 2.39. The molecule has 0 fully saturated rings. The number of carbonyl (C=O) groups is 2. The van der Waals surface area contributed by atoms with Crippen LogP contribution in [-0.2, 0) is 0 Å². The number of nitrogens with zero attached hydrogens (tertiary/aromatic N) is 4. The molecule has 0 saturated heterocycles. The van der Waals surface area contributed by atoms with Gasteiger partial charge in [0.1, 0.15) is 5.82 Å². The molecule has 6 nitrogen and oxygen atoms in total. The first-order valence-electron chi connectivity index (χ1n) is 8.53. The summed E-state index contributed by atoms with van der Waals surface area (Å²) < 4.78 is 1.77. The minimum Gasteiger partial charge on any atom is -0.268 e. The number of benzene rings is 2. The summed E-state index contributed by atoms with van der Waals surface area (Å²) in [6, 6.07) is 16.3. The third kappa shape index (κ3) is 2.07. The van der Waals surface area contributed by atoms with E-state index in [1.165, 1.54) is 4.90 Å². The largest absolute Gasteiger partial charge is 0.268 e. The minimum absolute atomic E-state index is 0.335. The number of rotatable bonds is 2. The van der Waals surface area contributed by atoms with Crippen molar-refractivity contribution in [3.8, 4) is 5.95 Å². The molecule has 2 aromatic heterocycles. The van der Waals surface area contributed by atoms with Crippen molar-refractivity contribution in [2.24, 2.45) is 0 Å². The lowest BCUT2D eigenvalue weighted by molar-refractivity contribution is 0.0924. The summed E-state index contributed by atoms with van der Waals surface area (Å²) in [6.45, 7) is 1.90. The van der Waals surface area contributed by atoms with Crippen molar-refractivity contribution in [1.29, 1.82) is 0 Å². The summed E-state index contributed by atoms with van der Waals surface area (Å²) in [5.74, 6) is 0.222. The van der Waals surface area contributed by atoms with E-state index in [-0.39, 0.29) is 11.8 Å². The highest BCUT2D eigenvalue weighted by atomic mass is 16.2. The van der Waals surface area contributed by atoms with E-state index in [1.54, 1.807) is 47.3 Å². The van der Waals surface area contributed by atoms with Gasteiger partial charge >= 0.3 is 0 Å². The van der Waals surface area contributed by atoms with Gasteiger partial charge in [-0.05, 0) is 31.2 Å². The van der Waals surface area contributed by atoms with E-state index in [0.717, 1.165) is 16.5 Å². The van der Waals surface area contributed by atoms with E-state index in [9.17, 15) is 9.59 Å². The molecule has 5 rings (SSSR count). The SMILES string of the molecule is Cc1c(N2C(=O)c3ccccc3C2=O)n(-c2ncccn2)c2ccccc12. The average molecular weight is 354 g/mol. The first-order chi connectivity index (χ1) is 13.2. The van der Waals surface area contributed by atoms with Crippen LogP contribution in [0.3, 0.4) is 0 Å². The Balaban J connectivity index is 1.84. The topological polar surface area (TPSA) is 68.1 Å². The van der Waals surface area contributed by atoms with Crippen LogP contribution >= 0.6 is 0 Å². The Morgan fingerprint density at radius 2 is 1.37 bits per heavy atom. The van der Waals surface area contributed by atoms with Crippen molar-refractivity contribution in [2.45, 2.75) is 6.92 Å². The van der Waals surface area contributed by atoms with Gasteiger partial charge in [0.05, 0.1) is 16.6 Å². The van der Waals surface area contributed by atoms with Gasteiger partial charge in [-0.2, -0.15) is 0 Å². The second-order valence-corrected chi connectivity index (χ2v) is 6.34. The molecule has 1 aliphatic heterocycles. The number of aromatic nitrogens is 3. The number of anilines is 1. The molecule has 0 unspecified atom stereocenters. The second kappa shape index (κ2) is 5.60. The minimum atomic E-state index is -0.335. The van der Waals surface area contributed by atoms with Crippen molar-refractivity contribution < 1.29 is 9.59 Å². The first-order valence-corrected chi connectivity index (χ1v) is 8.53. The molecule has 0 bridgehead atoms. The maximum absolute atomic E-state index is 13.1. The van der Waals surface area contributed by atoms with Gasteiger partial charge in [-0.25, -0.2) is 14.9 Å². The van der Waals surface area contributed by atoms with Gasteiger partial charge in [0.25, 0.3) is 11.8 Å². The first kappa shape index (κ1) is 15.5. The van der Waals surface area contributed by atoms with Gasteiger partial charge in [-0.15, -0.1) is 0 Å². The predicted octanol–water partition coefficient (Wildman–Crippen LogP) is 3.53. The van der Waals surface area contributed by atoms with Crippen molar-refractivity contribution >= 4 is 28.5 Å². The van der Waals surface area contributed by atoms with Crippen LogP contribution in [0.25, 0.3) is 16.9 Å². The summed E-state index contributed by atoms with van der Waals surface area (Å²) in [5, 5.41) is 0.941. The molecule has 6 heteroatoms. The summed E-state index contributed by atoms with van der Waals surface area (Å²) in [6.07, 6.45) is 3.27. The fourth-order valence-electron chi connectivity index (χ4n) is 3.65. The van der Waals surface area contributed by atoms with Crippen LogP contribution in [0.1, 0.15) is 26.3 Å². The number of amides is 2. The zero-order valence-corrected chi connectivity index (χ0v) is 14.5. The number of hydrogen-bond donors (Lipinski definition) is 0. The smallest absolute Gasteiger partial charge is 0.267 e. The van der Waals surface area contributed by atoms with Crippen molar-refractivity contribution in [1.82, 2.24) is 14.5 Å². The van der Waals surface area contributed by atoms with E-state index in [4.69, 9.17) is 0 Å². The number of para-hydroxylation sites is 1. The number of imide groups is 1. The molecule has 0 atom stereocenters. The van der Waals surface area contributed by atoms with Gasteiger partial charge in [0.2, 0.25) is 5.95 Å². The Labute approximate surface area is 154 Å². The molecular weight excluding hydrogens is 340 g/mol. The molecular formula is C21H14N4O2. The molecule has 1 aliphatic rings. The zero-order valence-electron chi connectivity index (χ0n) is 14.5. The van der Waals surface area contributed by atoms with Crippen LogP contribution in [0.15, 0.2) is 67.0 Å². The molecule has 2 amide bonds. The van der Waals surface area contributed by atoms with Crippen molar-refractivity contribution in [3.63, 3.8) is 0 Å². The maximum atomic E-state index is 13.1. The van der Waals surface area contributed by atoms with Gasteiger partial charge in [-0.1, -0.05) is 30.3 Å². The van der Waals surface area contributed by atoms with Gasteiger partial charge in [0.15, 0.2) is 0 Å². The van der Waals surface area contributed by atoms with E-state index in [0.29, 0.717) is 22.9 Å². The maximum Gasteiger partial charge on any atom is 0.267 e. The van der Waals surface area contributed by atoms with Crippen LogP contribution in [0.4, 0.5) is 5.82 Å². The van der Waals surface area contributed by atoms with E-state index in [1.807, 2.05) is 31.2 Å². The van der Waals surface area contributed by atoms with Crippen molar-refractivity contribution in [2.75, 3.05) is 4.90 Å². The molecule has 0 saturated carbocycles. The lowest BCUT2D eigenvalue weighted by Gasteiger charge is -2.18. The quantitative estimate of drug-likeness (QED) is 0.517. The third-order valence-corrected chi connectivity index (χ3v) is 4.85. The molecule has 2 aromatic carbocycles. The molecule has 0 spiro atoms. The molecule has 27 heavy (non-hydrogen) atoms. The molecule has 4 aromatic rings. The zero-order chi connectivity index (χ0) is 18.5. The average Bonchev–Trinajstić information content (AvgIpc) is 3.14. The Morgan fingerprint density at radius 3 is 2.04 bits per heavy atom. The lowest BCUT2D eigenvalue weighted by atomic mass is 10.1. The number of fused-ring (bicyclic) bond motifs is 2. The molecule has 130 valence electrons. The number of carbonyl (C=O) groups excluding carboxylic acids is 2. The molecule has 3 heterocycles. The highest BCUT2D eigenvalue weighted by molar-refractivity contribution is 6.35. The summed E-state index contributed by atoms with van der Waals surface area (Å²) in [4.78, 5) is 36.1. The van der Waals surface area contributed by atoms with Gasteiger partial charge in [-0.3, -0.25) is 14.2 Å². The number of aryl methyl sites for hydroxylation is 1. The van der Waals surface area contributed by atoms with Crippen LogP contribution in [0.5, 0.6) is 0 Å². The Bertz CT molecular complexity index is 1190. The Kier molecular flexibility index (Phi) is 3.21. The normalized spacial score (nSPS) is 13.4. The standard InChI is InChI=1S/C21H14N4O2/c1-13-14-7-4-5-10-17(14)24(21-22-11-6-12-23-21)18(13)25-19(26)15-8-2-3-9-16(15)20(25)27/h2-12H,1H3. The van der Waals surface area contributed by atoms with Crippen LogP contribution < -0.4 is 4.90 Å². The summed E-state index contributed by atoms with van der Waals surface area (Å²) in [5.41, 5.74) is 2.49.